The minimum Gasteiger partial charge on any atom is -0.300 e. The summed E-state index contributed by atoms with van der Waals surface area (Å²) in [7, 11) is 0. The van der Waals surface area contributed by atoms with Gasteiger partial charge in [0, 0.05) is 23.4 Å². The van der Waals surface area contributed by atoms with Crippen molar-refractivity contribution in [1.29, 1.82) is 5.26 Å². The zero-order valence-electron chi connectivity index (χ0n) is 15.2. The van der Waals surface area contributed by atoms with Crippen molar-refractivity contribution in [2.24, 2.45) is 0 Å². The Kier molecular flexibility index (Phi) is 5.32. The summed E-state index contributed by atoms with van der Waals surface area (Å²) in [6.45, 7) is 5.82. The average Bonchev–Trinajstić information content (AvgIpc) is 3.26. The number of aromatic amines is 1. The molecule has 2 N–H and O–H groups in total. The van der Waals surface area contributed by atoms with E-state index in [0.717, 1.165) is 17.8 Å². The van der Waals surface area contributed by atoms with E-state index in [4.69, 9.17) is 5.26 Å². The van der Waals surface area contributed by atoms with E-state index in [9.17, 15) is 9.59 Å². The molecule has 9 nitrogen and oxygen atoms in total. The minimum atomic E-state index is -0.399. The molecule has 0 aliphatic carbocycles. The van der Waals surface area contributed by atoms with E-state index in [1.54, 1.807) is 6.92 Å². The van der Waals surface area contributed by atoms with E-state index in [2.05, 4.69) is 39.4 Å². The third kappa shape index (κ3) is 3.59. The van der Waals surface area contributed by atoms with Crippen LogP contribution >= 0.6 is 11.3 Å². The molecule has 10 heteroatoms. The fraction of sp³-hybridized carbons (Fsp3) is 0.412. The number of hydrogen-bond donors (Lipinski definition) is 2. The zero-order valence-corrected chi connectivity index (χ0v) is 16.1. The molecule has 0 aromatic carbocycles. The molecule has 1 amide bonds. The minimum absolute atomic E-state index is 0.137. The molecule has 0 radical (unpaired) electrons. The second-order valence-electron chi connectivity index (χ2n) is 6.12. The van der Waals surface area contributed by atoms with Gasteiger partial charge in [-0.15, -0.1) is 10.2 Å². The molecule has 140 valence electrons. The standard InChI is InChI=1S/C17H19N7O2S/c1-4-10(5-2)15-22-23-17(27-15)21-13(25)6-12-9(3)20-14-11(7-18)8-19-24(14)16(12)26/h8,10,19H,4-6H2,1-3H3,(H,21,23,25). The number of H-pyrrole nitrogens is 1. The van der Waals surface area contributed by atoms with E-state index in [0.29, 0.717) is 16.7 Å². The van der Waals surface area contributed by atoms with Crippen molar-refractivity contribution in [3.8, 4) is 6.07 Å². The number of amides is 1. The lowest BCUT2D eigenvalue weighted by Crippen LogP contribution is -2.26. The van der Waals surface area contributed by atoms with Gasteiger partial charge in [-0.05, 0) is 19.8 Å². The highest BCUT2D eigenvalue weighted by atomic mass is 32.1. The Hall–Kier alpha value is -3.06. The van der Waals surface area contributed by atoms with Crippen LogP contribution in [0.4, 0.5) is 5.13 Å². The van der Waals surface area contributed by atoms with Gasteiger partial charge in [-0.2, -0.15) is 5.26 Å². The molecule has 0 bridgehead atoms. The molecule has 0 spiro atoms. The Balaban J connectivity index is 1.81. The van der Waals surface area contributed by atoms with Crippen molar-refractivity contribution >= 4 is 28.0 Å². The quantitative estimate of drug-likeness (QED) is 0.669. The predicted molar refractivity (Wildman–Crippen MR) is 101 cm³/mol. The first-order valence-corrected chi connectivity index (χ1v) is 9.43. The van der Waals surface area contributed by atoms with Crippen molar-refractivity contribution in [2.75, 3.05) is 5.32 Å². The summed E-state index contributed by atoms with van der Waals surface area (Å²) in [5.41, 5.74) is 0.809. The summed E-state index contributed by atoms with van der Waals surface area (Å²) in [6.07, 6.45) is 3.19. The van der Waals surface area contributed by atoms with E-state index >= 15 is 0 Å². The van der Waals surface area contributed by atoms with Crippen molar-refractivity contribution in [3.05, 3.63) is 38.4 Å². The monoisotopic (exact) mass is 385 g/mol. The second-order valence-corrected chi connectivity index (χ2v) is 7.13. The maximum Gasteiger partial charge on any atom is 0.276 e. The molecule has 3 aromatic heterocycles. The molecule has 0 saturated carbocycles. The smallest absolute Gasteiger partial charge is 0.276 e. The predicted octanol–water partition coefficient (Wildman–Crippen LogP) is 2.14. The summed E-state index contributed by atoms with van der Waals surface area (Å²) in [5.74, 6) is -0.0369. The first-order valence-electron chi connectivity index (χ1n) is 8.61. The molecule has 0 aliphatic rings. The molecule has 0 unspecified atom stereocenters. The summed E-state index contributed by atoms with van der Waals surface area (Å²) in [4.78, 5) is 29.3. The highest BCUT2D eigenvalue weighted by Gasteiger charge is 2.18. The molecule has 3 heterocycles. The SMILES string of the molecule is CCC(CC)c1nnc(NC(=O)Cc2c(C)nc3c(C#N)c[nH]n3c2=O)s1. The average molecular weight is 385 g/mol. The number of aromatic nitrogens is 5. The maximum atomic E-state index is 12.6. The summed E-state index contributed by atoms with van der Waals surface area (Å²) in [6, 6.07) is 1.97. The van der Waals surface area contributed by atoms with Gasteiger partial charge >= 0.3 is 0 Å². The van der Waals surface area contributed by atoms with Gasteiger partial charge in [0.1, 0.15) is 16.6 Å². The number of fused-ring (bicyclic) bond motifs is 1. The summed E-state index contributed by atoms with van der Waals surface area (Å²) >= 11 is 1.35. The number of carbonyl (C=O) groups excluding carboxylic acids is 1. The van der Waals surface area contributed by atoms with Crippen LogP contribution in [0.5, 0.6) is 0 Å². The van der Waals surface area contributed by atoms with Crippen LogP contribution in [0.1, 0.15) is 54.4 Å². The lowest BCUT2D eigenvalue weighted by atomic mass is 10.1. The van der Waals surface area contributed by atoms with E-state index in [1.165, 1.54) is 22.0 Å². The molecule has 3 aromatic rings. The molecule has 27 heavy (non-hydrogen) atoms. The summed E-state index contributed by atoms with van der Waals surface area (Å²) in [5, 5.41) is 23.9. The van der Waals surface area contributed by atoms with Crippen molar-refractivity contribution < 1.29 is 4.79 Å². The normalized spacial score (nSPS) is 11.1. The molecule has 0 atom stereocenters. The van der Waals surface area contributed by atoms with Crippen LogP contribution in [-0.4, -0.2) is 30.7 Å². The Bertz CT molecular complexity index is 1090. The van der Waals surface area contributed by atoms with Crippen LogP contribution in [0.3, 0.4) is 0 Å². The number of nitrogens with one attached hydrogen (secondary N) is 2. The van der Waals surface area contributed by atoms with Gasteiger partial charge in [0.25, 0.3) is 5.56 Å². The lowest BCUT2D eigenvalue weighted by Gasteiger charge is -2.06. The highest BCUT2D eigenvalue weighted by Crippen LogP contribution is 2.28. The van der Waals surface area contributed by atoms with Gasteiger partial charge in [-0.3, -0.25) is 14.7 Å². The van der Waals surface area contributed by atoms with Crippen molar-refractivity contribution in [1.82, 2.24) is 24.8 Å². The third-order valence-electron chi connectivity index (χ3n) is 4.44. The molecule has 0 saturated heterocycles. The lowest BCUT2D eigenvalue weighted by molar-refractivity contribution is -0.115. The fourth-order valence-electron chi connectivity index (χ4n) is 2.85. The van der Waals surface area contributed by atoms with Crippen LogP contribution in [0.25, 0.3) is 5.65 Å². The van der Waals surface area contributed by atoms with E-state index in [1.807, 2.05) is 6.07 Å². The number of nitrogens with zero attached hydrogens (tertiary/aromatic N) is 5. The Morgan fingerprint density at radius 2 is 2.15 bits per heavy atom. The number of rotatable bonds is 6. The molecule has 0 aliphatic heterocycles. The van der Waals surface area contributed by atoms with Crippen LogP contribution in [0, 0.1) is 18.3 Å². The van der Waals surface area contributed by atoms with Gasteiger partial charge in [-0.25, -0.2) is 9.50 Å². The Morgan fingerprint density at radius 3 is 2.81 bits per heavy atom. The topological polar surface area (TPSA) is 129 Å². The number of anilines is 1. The first kappa shape index (κ1) is 18.7. The fourth-order valence-corrected chi connectivity index (χ4v) is 3.88. The first-order chi connectivity index (χ1) is 13.0. The summed E-state index contributed by atoms with van der Waals surface area (Å²) < 4.78 is 1.17. The van der Waals surface area contributed by atoms with E-state index in [-0.39, 0.29) is 29.1 Å². The number of aryl methyl sites for hydroxylation is 1. The number of nitriles is 1. The largest absolute Gasteiger partial charge is 0.300 e. The van der Waals surface area contributed by atoms with Crippen LogP contribution < -0.4 is 10.9 Å². The van der Waals surface area contributed by atoms with Crippen LogP contribution in [-0.2, 0) is 11.2 Å². The van der Waals surface area contributed by atoms with Gasteiger partial charge in [0.2, 0.25) is 11.0 Å². The van der Waals surface area contributed by atoms with Gasteiger partial charge < -0.3 is 5.32 Å². The van der Waals surface area contributed by atoms with Gasteiger partial charge in [-0.1, -0.05) is 25.2 Å². The van der Waals surface area contributed by atoms with Crippen molar-refractivity contribution in [3.63, 3.8) is 0 Å². The second kappa shape index (κ2) is 7.67. The van der Waals surface area contributed by atoms with Crippen molar-refractivity contribution in [2.45, 2.75) is 46.0 Å². The van der Waals surface area contributed by atoms with Crippen LogP contribution in [0.15, 0.2) is 11.0 Å². The maximum absolute atomic E-state index is 12.6. The van der Waals surface area contributed by atoms with Gasteiger partial charge in [0.15, 0.2) is 5.65 Å². The molecular formula is C17H19N7O2S. The van der Waals surface area contributed by atoms with Crippen LogP contribution in [0.2, 0.25) is 0 Å². The molecular weight excluding hydrogens is 366 g/mol. The molecule has 0 fully saturated rings. The van der Waals surface area contributed by atoms with Gasteiger partial charge in [0.05, 0.1) is 6.42 Å². The highest BCUT2D eigenvalue weighted by molar-refractivity contribution is 7.15. The third-order valence-corrected chi connectivity index (χ3v) is 5.44. The van der Waals surface area contributed by atoms with E-state index < -0.39 is 5.56 Å². The molecule has 3 rings (SSSR count). The Morgan fingerprint density at radius 1 is 1.41 bits per heavy atom. The zero-order chi connectivity index (χ0) is 19.6. The number of carbonyl (C=O) groups is 1. The number of hydrogen-bond acceptors (Lipinski definition) is 7. The Labute approximate surface area is 159 Å².